The highest BCUT2D eigenvalue weighted by atomic mass is 16.6. The fourth-order valence-electron chi connectivity index (χ4n) is 1.95. The van der Waals surface area contributed by atoms with Crippen LogP contribution < -0.4 is 15.2 Å². The van der Waals surface area contributed by atoms with Crippen LogP contribution >= 0.6 is 0 Å². The number of hydrogen-bond acceptors (Lipinski definition) is 5. The average molecular weight is 235 g/mol. The molecule has 0 unspecified atom stereocenters. The molecule has 1 aromatic carbocycles. The fourth-order valence-corrected chi connectivity index (χ4v) is 1.95. The van der Waals surface area contributed by atoms with Crippen LogP contribution in [-0.2, 0) is 11.5 Å². The number of aromatic nitrogens is 2. The van der Waals surface area contributed by atoms with E-state index in [1.165, 1.54) is 0 Å². The Hall–Kier alpha value is -1.95. The van der Waals surface area contributed by atoms with Crippen LogP contribution in [0, 0.1) is 0 Å². The van der Waals surface area contributed by atoms with Gasteiger partial charge in [-0.2, -0.15) is 0 Å². The van der Waals surface area contributed by atoms with Crippen molar-refractivity contribution >= 4 is 17.0 Å². The van der Waals surface area contributed by atoms with Gasteiger partial charge in [-0.1, -0.05) is 0 Å². The molecule has 2 N–H and O–H groups in total. The summed E-state index contributed by atoms with van der Waals surface area (Å²) in [4.78, 5) is 4.27. The molecule has 0 atom stereocenters. The summed E-state index contributed by atoms with van der Waals surface area (Å²) in [5, 5.41) is 0. The van der Waals surface area contributed by atoms with Gasteiger partial charge in [-0.05, 0) is 0 Å². The molecule has 1 aliphatic heterocycles. The molecule has 1 aromatic heterocycles. The van der Waals surface area contributed by atoms with Crippen LogP contribution in [0.4, 0.5) is 5.95 Å². The van der Waals surface area contributed by atoms with E-state index in [0.29, 0.717) is 31.6 Å². The number of imidazole rings is 1. The summed E-state index contributed by atoms with van der Waals surface area (Å²) in [6.07, 6.45) is 0. The molecule has 0 fully saturated rings. The second-order valence-corrected chi connectivity index (χ2v) is 3.80. The van der Waals surface area contributed by atoms with Gasteiger partial charge < -0.3 is 19.9 Å². The number of methoxy groups -OCH3 is 1. The van der Waals surface area contributed by atoms with Gasteiger partial charge in [0.2, 0.25) is 5.95 Å². The van der Waals surface area contributed by atoms with Crippen molar-refractivity contribution in [2.24, 2.45) is 0 Å². The highest BCUT2D eigenvalue weighted by Crippen LogP contribution is 2.35. The van der Waals surface area contributed by atoms with Crippen LogP contribution in [0.15, 0.2) is 12.1 Å². The van der Waals surface area contributed by atoms with Crippen molar-refractivity contribution in [3.8, 4) is 11.5 Å². The Bertz CT molecular complexity index is 565. The normalized spacial score (nSPS) is 14.2. The molecule has 0 radical (unpaired) electrons. The van der Waals surface area contributed by atoms with Gasteiger partial charge in [0.15, 0.2) is 11.5 Å². The predicted molar refractivity (Wildman–Crippen MR) is 62.1 cm³/mol. The maximum atomic E-state index is 5.83. The van der Waals surface area contributed by atoms with Gasteiger partial charge in [0.05, 0.1) is 11.0 Å². The summed E-state index contributed by atoms with van der Waals surface area (Å²) in [5.74, 6) is 1.86. The third-order valence-corrected chi connectivity index (χ3v) is 2.70. The maximum absolute atomic E-state index is 5.83. The maximum Gasteiger partial charge on any atom is 0.203 e. The van der Waals surface area contributed by atoms with E-state index in [2.05, 4.69) is 4.98 Å². The number of ether oxygens (including phenoxy) is 3. The van der Waals surface area contributed by atoms with Crippen molar-refractivity contribution in [1.82, 2.24) is 9.55 Å². The van der Waals surface area contributed by atoms with E-state index in [9.17, 15) is 0 Å². The Morgan fingerprint density at radius 1 is 1.35 bits per heavy atom. The van der Waals surface area contributed by atoms with Crippen LogP contribution in [0.2, 0.25) is 0 Å². The van der Waals surface area contributed by atoms with Gasteiger partial charge in [0.25, 0.3) is 0 Å². The minimum absolute atomic E-state index is 0.363. The topological polar surface area (TPSA) is 71.5 Å². The lowest BCUT2D eigenvalue weighted by Gasteiger charge is -2.18. The Kier molecular flexibility index (Phi) is 2.29. The minimum Gasteiger partial charge on any atom is -0.486 e. The lowest BCUT2D eigenvalue weighted by atomic mass is 10.2. The second kappa shape index (κ2) is 3.81. The molecule has 6 heteroatoms. The predicted octanol–water partition coefficient (Wildman–Crippen LogP) is 0.994. The first kappa shape index (κ1) is 10.2. The van der Waals surface area contributed by atoms with Gasteiger partial charge in [-0.25, -0.2) is 4.98 Å². The van der Waals surface area contributed by atoms with E-state index in [1.807, 2.05) is 12.1 Å². The monoisotopic (exact) mass is 235 g/mol. The average Bonchev–Trinajstić information content (AvgIpc) is 2.63. The van der Waals surface area contributed by atoms with E-state index in [0.717, 1.165) is 16.8 Å². The van der Waals surface area contributed by atoms with Crippen LogP contribution in [-0.4, -0.2) is 29.9 Å². The highest BCUT2D eigenvalue weighted by molar-refractivity contribution is 5.82. The van der Waals surface area contributed by atoms with Gasteiger partial charge in [-0.3, -0.25) is 4.57 Å². The van der Waals surface area contributed by atoms with Crippen molar-refractivity contribution < 1.29 is 14.2 Å². The molecule has 1 aliphatic rings. The molecule has 2 heterocycles. The largest absolute Gasteiger partial charge is 0.486 e. The van der Waals surface area contributed by atoms with Crippen molar-refractivity contribution in [3.63, 3.8) is 0 Å². The molecule has 0 amide bonds. The van der Waals surface area contributed by atoms with Gasteiger partial charge in [0.1, 0.15) is 19.9 Å². The summed E-state index contributed by atoms with van der Waals surface area (Å²) >= 11 is 0. The molecule has 0 saturated carbocycles. The zero-order valence-corrected chi connectivity index (χ0v) is 9.47. The standard InChI is InChI=1S/C11H13N3O3/c1-15-6-14-8-5-10-9(16-2-3-17-10)4-7(8)13-11(14)12/h4-5H,2-3,6H2,1H3,(H2,12,13). The number of nitrogens with two attached hydrogens (primary N) is 1. The smallest absolute Gasteiger partial charge is 0.203 e. The number of fused-ring (bicyclic) bond motifs is 2. The number of nitrogens with zero attached hydrogens (tertiary/aromatic N) is 2. The molecule has 0 aliphatic carbocycles. The summed E-state index contributed by atoms with van der Waals surface area (Å²) in [5.41, 5.74) is 7.49. The molecule has 90 valence electrons. The van der Waals surface area contributed by atoms with E-state index in [4.69, 9.17) is 19.9 Å². The van der Waals surface area contributed by atoms with Crippen molar-refractivity contribution in [2.45, 2.75) is 6.73 Å². The lowest BCUT2D eigenvalue weighted by Crippen LogP contribution is -2.15. The molecule has 6 nitrogen and oxygen atoms in total. The quantitative estimate of drug-likeness (QED) is 0.840. The molecule has 2 aromatic rings. The number of anilines is 1. The molecule has 0 saturated heterocycles. The zero-order valence-electron chi connectivity index (χ0n) is 9.47. The highest BCUT2D eigenvalue weighted by Gasteiger charge is 2.16. The Labute approximate surface area is 97.9 Å². The number of hydrogen-bond donors (Lipinski definition) is 1. The Morgan fingerprint density at radius 3 is 2.76 bits per heavy atom. The van der Waals surface area contributed by atoms with Crippen molar-refractivity contribution in [2.75, 3.05) is 26.1 Å². The lowest BCUT2D eigenvalue weighted by molar-refractivity contribution is 0.136. The molecule has 0 spiro atoms. The van der Waals surface area contributed by atoms with E-state index in [-0.39, 0.29) is 0 Å². The minimum atomic E-state index is 0.363. The van der Waals surface area contributed by atoms with E-state index in [1.54, 1.807) is 11.7 Å². The first-order chi connectivity index (χ1) is 8.29. The SMILES string of the molecule is COCn1c(N)nc2cc3c(cc21)OCCO3. The summed E-state index contributed by atoms with van der Waals surface area (Å²) in [6, 6.07) is 3.72. The molecule has 17 heavy (non-hydrogen) atoms. The van der Waals surface area contributed by atoms with E-state index >= 15 is 0 Å². The van der Waals surface area contributed by atoms with Crippen molar-refractivity contribution in [1.29, 1.82) is 0 Å². The molecule has 0 bridgehead atoms. The van der Waals surface area contributed by atoms with Crippen LogP contribution in [0.3, 0.4) is 0 Å². The van der Waals surface area contributed by atoms with Gasteiger partial charge in [0, 0.05) is 19.2 Å². The molecular formula is C11H13N3O3. The van der Waals surface area contributed by atoms with E-state index < -0.39 is 0 Å². The van der Waals surface area contributed by atoms with Crippen LogP contribution in [0.1, 0.15) is 0 Å². The third-order valence-electron chi connectivity index (χ3n) is 2.70. The second-order valence-electron chi connectivity index (χ2n) is 3.80. The fraction of sp³-hybridized carbons (Fsp3) is 0.364. The number of benzene rings is 1. The number of nitrogen functional groups attached to an aromatic ring is 1. The van der Waals surface area contributed by atoms with Crippen molar-refractivity contribution in [3.05, 3.63) is 12.1 Å². The summed E-state index contributed by atoms with van der Waals surface area (Å²) < 4.78 is 17.9. The Morgan fingerprint density at radius 2 is 2.06 bits per heavy atom. The van der Waals surface area contributed by atoms with Crippen LogP contribution in [0.25, 0.3) is 11.0 Å². The zero-order chi connectivity index (χ0) is 11.8. The number of rotatable bonds is 2. The van der Waals surface area contributed by atoms with Gasteiger partial charge in [-0.15, -0.1) is 0 Å². The molecule has 3 rings (SSSR count). The Balaban J connectivity index is 2.19. The van der Waals surface area contributed by atoms with Crippen LogP contribution in [0.5, 0.6) is 11.5 Å². The first-order valence-electron chi connectivity index (χ1n) is 5.34. The molecular weight excluding hydrogens is 222 g/mol. The summed E-state index contributed by atoms with van der Waals surface area (Å²) in [7, 11) is 1.61. The third kappa shape index (κ3) is 1.57. The summed E-state index contributed by atoms with van der Waals surface area (Å²) in [6.45, 7) is 1.49. The first-order valence-corrected chi connectivity index (χ1v) is 5.34. The van der Waals surface area contributed by atoms with Gasteiger partial charge >= 0.3 is 0 Å².